The number of Topliss-reactive ketones (excluding diaryl/α,β-unsaturated/α-hetero) is 1. The van der Waals surface area contributed by atoms with Crippen LogP contribution in [0.5, 0.6) is 0 Å². The Labute approximate surface area is 202 Å². The van der Waals surface area contributed by atoms with Crippen molar-refractivity contribution in [1.82, 2.24) is 9.80 Å². The van der Waals surface area contributed by atoms with Gasteiger partial charge in [-0.15, -0.1) is 0 Å². The standard InChI is InChI=1S/C26H25ClN2O5/c27-19-7-3-6-18(15-19)23-22(24(30)21-16-17-5-1-2-8-20(17)34-21)25(31)26(32)29(23)10-4-9-28-11-13-33-14-12-28/h1-3,5-8,15-16,23,31H,4,9-14H2/t23-/m0/s1. The number of rotatable bonds is 7. The fourth-order valence-corrected chi connectivity index (χ4v) is 4.85. The number of furan rings is 1. The van der Waals surface area contributed by atoms with Crippen LogP contribution in [0.15, 0.2) is 70.3 Å². The van der Waals surface area contributed by atoms with Crippen LogP contribution in [0.2, 0.25) is 5.02 Å². The Kier molecular flexibility index (Phi) is 6.41. The predicted octanol–water partition coefficient (Wildman–Crippen LogP) is 4.39. The van der Waals surface area contributed by atoms with Gasteiger partial charge in [0.05, 0.1) is 24.8 Å². The van der Waals surface area contributed by atoms with Crippen LogP contribution in [0.3, 0.4) is 0 Å². The van der Waals surface area contributed by atoms with Gasteiger partial charge in [-0.2, -0.15) is 0 Å². The highest BCUT2D eigenvalue weighted by Gasteiger charge is 2.44. The molecule has 0 bridgehead atoms. The van der Waals surface area contributed by atoms with Gasteiger partial charge < -0.3 is 19.2 Å². The number of hydrogen-bond acceptors (Lipinski definition) is 6. The number of fused-ring (bicyclic) bond motifs is 1. The van der Waals surface area contributed by atoms with Crippen molar-refractivity contribution < 1.29 is 23.8 Å². The van der Waals surface area contributed by atoms with Crippen molar-refractivity contribution in [2.45, 2.75) is 12.5 Å². The summed E-state index contributed by atoms with van der Waals surface area (Å²) < 4.78 is 11.2. The molecular weight excluding hydrogens is 456 g/mol. The molecule has 3 heterocycles. The fraction of sp³-hybridized carbons (Fsp3) is 0.308. The Balaban J connectivity index is 1.45. The van der Waals surface area contributed by atoms with Gasteiger partial charge in [-0.1, -0.05) is 41.9 Å². The third-order valence-corrected chi connectivity index (χ3v) is 6.57. The molecule has 0 unspecified atom stereocenters. The van der Waals surface area contributed by atoms with Gasteiger partial charge in [0.25, 0.3) is 5.91 Å². The van der Waals surface area contributed by atoms with Crippen LogP contribution in [0.1, 0.15) is 28.6 Å². The zero-order valence-electron chi connectivity index (χ0n) is 18.6. The Hall–Kier alpha value is -3.13. The lowest BCUT2D eigenvalue weighted by Gasteiger charge is -2.30. The second-order valence-corrected chi connectivity index (χ2v) is 8.94. The van der Waals surface area contributed by atoms with Crippen LogP contribution in [0, 0.1) is 0 Å². The van der Waals surface area contributed by atoms with Crippen molar-refractivity contribution in [3.05, 3.63) is 82.3 Å². The summed E-state index contributed by atoms with van der Waals surface area (Å²) in [5.41, 5.74) is 1.24. The zero-order chi connectivity index (χ0) is 23.7. The number of ketones is 1. The lowest BCUT2D eigenvalue weighted by atomic mass is 9.95. The van der Waals surface area contributed by atoms with E-state index < -0.39 is 23.5 Å². The Morgan fingerprint density at radius 1 is 1.06 bits per heavy atom. The monoisotopic (exact) mass is 480 g/mol. The molecule has 3 aromatic rings. The van der Waals surface area contributed by atoms with Crippen LogP contribution in [0.25, 0.3) is 11.0 Å². The molecule has 1 aromatic heterocycles. The number of benzene rings is 2. The van der Waals surface area contributed by atoms with Gasteiger partial charge in [0.1, 0.15) is 5.58 Å². The first-order chi connectivity index (χ1) is 16.5. The largest absolute Gasteiger partial charge is 0.503 e. The number of ether oxygens (including phenoxy) is 1. The summed E-state index contributed by atoms with van der Waals surface area (Å²) in [6, 6.07) is 15.2. The van der Waals surface area contributed by atoms with Gasteiger partial charge >= 0.3 is 0 Å². The number of nitrogens with zero attached hydrogens (tertiary/aromatic N) is 2. The number of hydrogen-bond donors (Lipinski definition) is 1. The van der Waals surface area contributed by atoms with Crippen molar-refractivity contribution in [3.63, 3.8) is 0 Å². The van der Waals surface area contributed by atoms with Crippen LogP contribution in [0.4, 0.5) is 0 Å². The molecule has 1 N–H and O–H groups in total. The van der Waals surface area contributed by atoms with E-state index in [0.717, 1.165) is 25.0 Å². The number of amides is 1. The molecule has 8 heteroatoms. The molecule has 5 rings (SSSR count). The summed E-state index contributed by atoms with van der Waals surface area (Å²) in [7, 11) is 0. The van der Waals surface area contributed by atoms with Crippen LogP contribution in [-0.4, -0.2) is 66.0 Å². The second-order valence-electron chi connectivity index (χ2n) is 8.50. The summed E-state index contributed by atoms with van der Waals surface area (Å²) in [6.45, 7) is 4.28. The van der Waals surface area contributed by atoms with Crippen LogP contribution >= 0.6 is 11.6 Å². The number of aliphatic hydroxyl groups is 1. The van der Waals surface area contributed by atoms with Crippen molar-refractivity contribution in [3.8, 4) is 0 Å². The molecule has 2 aliphatic heterocycles. The third kappa shape index (κ3) is 4.34. The van der Waals surface area contributed by atoms with E-state index >= 15 is 0 Å². The van der Waals surface area contributed by atoms with E-state index in [1.165, 1.54) is 0 Å². The molecule has 176 valence electrons. The maximum absolute atomic E-state index is 13.6. The highest BCUT2D eigenvalue weighted by Crippen LogP contribution is 2.40. The summed E-state index contributed by atoms with van der Waals surface area (Å²) in [5, 5.41) is 12.1. The maximum Gasteiger partial charge on any atom is 0.290 e. The lowest BCUT2D eigenvalue weighted by Crippen LogP contribution is -2.39. The minimum atomic E-state index is -0.753. The zero-order valence-corrected chi connectivity index (χ0v) is 19.3. The summed E-state index contributed by atoms with van der Waals surface area (Å²) in [6.07, 6.45) is 0.697. The number of halogens is 1. The highest BCUT2D eigenvalue weighted by atomic mass is 35.5. The first-order valence-corrected chi connectivity index (χ1v) is 11.7. The number of aliphatic hydroxyl groups excluding tert-OH is 1. The highest BCUT2D eigenvalue weighted by molar-refractivity contribution is 6.30. The first kappa shape index (κ1) is 22.7. The van der Waals surface area contributed by atoms with E-state index in [2.05, 4.69) is 4.90 Å². The number of para-hydroxylation sites is 1. The second kappa shape index (κ2) is 9.62. The van der Waals surface area contributed by atoms with Crippen LogP contribution < -0.4 is 0 Å². The number of morpholine rings is 1. The SMILES string of the molecule is O=C(C1=C(O)C(=O)N(CCCN2CCOCC2)[C@H]1c1cccc(Cl)c1)c1cc2ccccc2o1. The molecule has 1 fully saturated rings. The molecule has 1 amide bonds. The third-order valence-electron chi connectivity index (χ3n) is 6.34. The van der Waals surface area contributed by atoms with Gasteiger partial charge in [-0.3, -0.25) is 14.5 Å². The molecule has 1 atom stereocenters. The maximum atomic E-state index is 13.6. The molecule has 2 aliphatic rings. The van der Waals surface area contributed by atoms with Gasteiger partial charge in [-0.25, -0.2) is 0 Å². The smallest absolute Gasteiger partial charge is 0.290 e. The Bertz CT molecular complexity index is 1230. The number of carbonyl (C=O) groups is 2. The lowest BCUT2D eigenvalue weighted by molar-refractivity contribution is -0.129. The van der Waals surface area contributed by atoms with Crippen molar-refractivity contribution >= 4 is 34.3 Å². The molecule has 2 aromatic carbocycles. The fourth-order valence-electron chi connectivity index (χ4n) is 4.66. The van der Waals surface area contributed by atoms with E-state index in [-0.39, 0.29) is 11.3 Å². The van der Waals surface area contributed by atoms with E-state index in [9.17, 15) is 14.7 Å². The molecule has 34 heavy (non-hydrogen) atoms. The molecule has 1 saturated heterocycles. The minimum absolute atomic E-state index is 0.0118. The van der Waals surface area contributed by atoms with Crippen molar-refractivity contribution in [2.75, 3.05) is 39.4 Å². The minimum Gasteiger partial charge on any atom is -0.503 e. The Morgan fingerprint density at radius 3 is 2.62 bits per heavy atom. The van der Waals surface area contributed by atoms with Gasteiger partial charge in [0, 0.05) is 36.6 Å². The van der Waals surface area contributed by atoms with E-state index in [0.29, 0.717) is 42.3 Å². The van der Waals surface area contributed by atoms with E-state index in [1.54, 1.807) is 35.2 Å². The summed E-state index contributed by atoms with van der Waals surface area (Å²) in [5.74, 6) is -1.53. The normalized spacial score (nSPS) is 19.4. The average Bonchev–Trinajstić information content (AvgIpc) is 3.39. The molecular formula is C26H25ClN2O5. The van der Waals surface area contributed by atoms with Crippen molar-refractivity contribution in [2.24, 2.45) is 0 Å². The molecule has 0 radical (unpaired) electrons. The van der Waals surface area contributed by atoms with Crippen molar-refractivity contribution in [1.29, 1.82) is 0 Å². The summed E-state index contributed by atoms with van der Waals surface area (Å²) >= 11 is 6.24. The molecule has 0 spiro atoms. The molecule has 7 nitrogen and oxygen atoms in total. The molecule has 0 aliphatic carbocycles. The topological polar surface area (TPSA) is 83.2 Å². The predicted molar refractivity (Wildman–Crippen MR) is 128 cm³/mol. The van der Waals surface area contributed by atoms with Crippen LogP contribution in [-0.2, 0) is 9.53 Å². The van der Waals surface area contributed by atoms with Gasteiger partial charge in [-0.05, 0) is 36.2 Å². The average molecular weight is 481 g/mol. The summed E-state index contributed by atoms with van der Waals surface area (Å²) in [4.78, 5) is 30.5. The quantitative estimate of drug-likeness (QED) is 0.505. The van der Waals surface area contributed by atoms with Gasteiger partial charge in [0.2, 0.25) is 5.78 Å². The van der Waals surface area contributed by atoms with E-state index in [1.807, 2.05) is 24.3 Å². The number of carbonyl (C=O) groups excluding carboxylic acids is 2. The molecule has 0 saturated carbocycles. The van der Waals surface area contributed by atoms with E-state index in [4.69, 9.17) is 20.8 Å². The first-order valence-electron chi connectivity index (χ1n) is 11.4. The Morgan fingerprint density at radius 2 is 1.85 bits per heavy atom. The van der Waals surface area contributed by atoms with Gasteiger partial charge in [0.15, 0.2) is 11.5 Å².